The molecule has 0 saturated carbocycles. The van der Waals surface area contributed by atoms with E-state index >= 15 is 0 Å². The van der Waals surface area contributed by atoms with Gasteiger partial charge in [0.05, 0.1) is 5.39 Å². The fourth-order valence-corrected chi connectivity index (χ4v) is 3.22. The highest BCUT2D eigenvalue weighted by atomic mass is 16.4. The second kappa shape index (κ2) is 4.38. The first kappa shape index (κ1) is 12.8. The normalized spacial score (nSPS) is 11.9. The van der Waals surface area contributed by atoms with Gasteiger partial charge in [-0.3, -0.25) is 0 Å². The minimum Gasteiger partial charge on any atom is -0.456 e. The van der Waals surface area contributed by atoms with Crippen LogP contribution in [0.25, 0.3) is 43.9 Å². The summed E-state index contributed by atoms with van der Waals surface area (Å²) >= 11 is 0. The van der Waals surface area contributed by atoms with Crippen molar-refractivity contribution in [2.75, 3.05) is 0 Å². The third-order valence-corrected chi connectivity index (χ3v) is 4.30. The molecule has 0 aliphatic rings. The summed E-state index contributed by atoms with van der Waals surface area (Å²) in [6.07, 6.45) is 0. The molecule has 0 unspecified atom stereocenters. The molecule has 0 aliphatic carbocycles. The largest absolute Gasteiger partial charge is 0.488 e. The van der Waals surface area contributed by atoms with Gasteiger partial charge in [-0.05, 0) is 29.7 Å². The third kappa shape index (κ3) is 1.69. The Morgan fingerprint density at radius 3 is 2.35 bits per heavy atom. The Labute approximate surface area is 130 Å². The van der Waals surface area contributed by atoms with E-state index in [0.717, 1.165) is 38.3 Å². The molecule has 110 valence electrons. The summed E-state index contributed by atoms with van der Waals surface area (Å²) in [5.74, 6) is 0. The van der Waals surface area contributed by atoms with E-state index in [2.05, 4.69) is 0 Å². The maximum atomic E-state index is 9.38. The fourth-order valence-electron chi connectivity index (χ4n) is 3.22. The molecule has 5 aromatic rings. The minimum absolute atomic E-state index is 0.442. The van der Waals surface area contributed by atoms with Crippen molar-refractivity contribution in [1.82, 2.24) is 0 Å². The second-order valence-electron chi connectivity index (χ2n) is 5.64. The van der Waals surface area contributed by atoms with Crippen LogP contribution in [0.1, 0.15) is 0 Å². The van der Waals surface area contributed by atoms with Crippen LogP contribution < -0.4 is 5.46 Å². The van der Waals surface area contributed by atoms with Gasteiger partial charge < -0.3 is 18.9 Å². The van der Waals surface area contributed by atoms with Crippen LogP contribution in [0.5, 0.6) is 0 Å². The Hall–Kier alpha value is -2.76. The van der Waals surface area contributed by atoms with Gasteiger partial charge in [0.15, 0.2) is 0 Å². The number of fused-ring (bicyclic) bond motifs is 7. The third-order valence-electron chi connectivity index (χ3n) is 4.30. The van der Waals surface area contributed by atoms with Gasteiger partial charge in [-0.2, -0.15) is 0 Å². The van der Waals surface area contributed by atoms with Gasteiger partial charge in [0, 0.05) is 16.2 Å². The maximum Gasteiger partial charge on any atom is 0.488 e. The summed E-state index contributed by atoms with van der Waals surface area (Å²) in [4.78, 5) is 0. The lowest BCUT2D eigenvalue weighted by atomic mass is 9.80. The van der Waals surface area contributed by atoms with E-state index in [1.54, 1.807) is 18.2 Å². The van der Waals surface area contributed by atoms with Crippen LogP contribution in [0.2, 0.25) is 0 Å². The van der Waals surface area contributed by atoms with Crippen LogP contribution in [0, 0.1) is 0 Å². The highest BCUT2D eigenvalue weighted by Crippen LogP contribution is 2.38. The lowest BCUT2D eigenvalue weighted by Gasteiger charge is -1.98. The Balaban J connectivity index is 1.99. The number of hydrogen-bond acceptors (Lipinski definition) is 4. The molecule has 2 N–H and O–H groups in total. The monoisotopic (exact) mass is 302 g/mol. The molecule has 0 spiro atoms. The van der Waals surface area contributed by atoms with Crippen molar-refractivity contribution >= 4 is 56.5 Å². The number of rotatable bonds is 1. The van der Waals surface area contributed by atoms with E-state index in [1.807, 2.05) is 36.4 Å². The molecule has 0 radical (unpaired) electrons. The highest BCUT2D eigenvalue weighted by Gasteiger charge is 2.18. The van der Waals surface area contributed by atoms with E-state index in [9.17, 15) is 10.0 Å². The first-order chi connectivity index (χ1) is 11.2. The summed E-state index contributed by atoms with van der Waals surface area (Å²) in [5.41, 5.74) is 3.51. The van der Waals surface area contributed by atoms with Crippen LogP contribution in [-0.2, 0) is 0 Å². The molecule has 2 aromatic heterocycles. The highest BCUT2D eigenvalue weighted by molar-refractivity contribution is 6.59. The van der Waals surface area contributed by atoms with Crippen molar-refractivity contribution in [3.05, 3.63) is 54.6 Å². The molecule has 2 heterocycles. The van der Waals surface area contributed by atoms with Gasteiger partial charge >= 0.3 is 7.12 Å². The number of para-hydroxylation sites is 1. The van der Waals surface area contributed by atoms with Gasteiger partial charge in [0.2, 0.25) is 0 Å². The van der Waals surface area contributed by atoms with Crippen molar-refractivity contribution in [1.29, 1.82) is 0 Å². The zero-order valence-electron chi connectivity index (χ0n) is 12.0. The molecule has 0 saturated heterocycles. The first-order valence-corrected chi connectivity index (χ1v) is 7.35. The summed E-state index contributed by atoms with van der Waals surface area (Å²) in [6.45, 7) is 0. The Bertz CT molecular complexity index is 1200. The van der Waals surface area contributed by atoms with E-state index in [0.29, 0.717) is 11.0 Å². The molecular formula is C18H11BO4. The molecule has 23 heavy (non-hydrogen) atoms. The SMILES string of the molecule is OB(O)c1ccc2oc3c(ccc4oc5ccccc5c43)c2c1. The van der Waals surface area contributed by atoms with Crippen LogP contribution >= 0.6 is 0 Å². The van der Waals surface area contributed by atoms with Gasteiger partial charge in [0.25, 0.3) is 0 Å². The lowest BCUT2D eigenvalue weighted by Crippen LogP contribution is -2.29. The van der Waals surface area contributed by atoms with Crippen molar-refractivity contribution in [2.45, 2.75) is 0 Å². The molecule has 0 amide bonds. The Morgan fingerprint density at radius 2 is 1.48 bits per heavy atom. The van der Waals surface area contributed by atoms with Crippen LogP contribution in [-0.4, -0.2) is 17.2 Å². The summed E-state index contributed by atoms with van der Waals surface area (Å²) < 4.78 is 11.9. The zero-order chi connectivity index (χ0) is 15.6. The molecular weight excluding hydrogens is 291 g/mol. The second-order valence-corrected chi connectivity index (χ2v) is 5.64. The first-order valence-electron chi connectivity index (χ1n) is 7.35. The van der Waals surface area contributed by atoms with Gasteiger partial charge in [-0.25, -0.2) is 0 Å². The van der Waals surface area contributed by atoms with E-state index in [-0.39, 0.29) is 0 Å². The quantitative estimate of drug-likeness (QED) is 0.467. The number of hydrogen-bond donors (Lipinski definition) is 2. The molecule has 0 aliphatic heterocycles. The van der Waals surface area contributed by atoms with Gasteiger partial charge in [-0.15, -0.1) is 0 Å². The molecule has 5 rings (SSSR count). The van der Waals surface area contributed by atoms with Crippen molar-refractivity contribution in [3.63, 3.8) is 0 Å². The van der Waals surface area contributed by atoms with Crippen LogP contribution in [0.3, 0.4) is 0 Å². The maximum absolute atomic E-state index is 9.38. The predicted octanol–water partition coefficient (Wildman–Crippen LogP) is 3.17. The summed E-state index contributed by atoms with van der Waals surface area (Å²) in [5, 5.41) is 22.5. The zero-order valence-corrected chi connectivity index (χ0v) is 12.0. The number of furan rings is 2. The standard InChI is InChI=1S/C18H11BO4/c20-19(21)10-5-7-15-13(9-10)11-6-8-16-17(18(11)23-15)12-3-1-2-4-14(12)22-16/h1-9,20-21H. The lowest BCUT2D eigenvalue weighted by molar-refractivity contribution is 0.426. The molecule has 0 atom stereocenters. The van der Waals surface area contributed by atoms with E-state index in [1.165, 1.54) is 0 Å². The van der Waals surface area contributed by atoms with E-state index in [4.69, 9.17) is 8.83 Å². The van der Waals surface area contributed by atoms with E-state index < -0.39 is 7.12 Å². The molecule has 0 bridgehead atoms. The molecule has 0 fully saturated rings. The molecule has 3 aromatic carbocycles. The van der Waals surface area contributed by atoms with Crippen LogP contribution in [0.4, 0.5) is 0 Å². The van der Waals surface area contributed by atoms with Crippen molar-refractivity contribution in [2.24, 2.45) is 0 Å². The topological polar surface area (TPSA) is 66.7 Å². The average Bonchev–Trinajstić information content (AvgIpc) is 3.11. The summed E-state index contributed by atoms with van der Waals surface area (Å²) in [7, 11) is -1.50. The van der Waals surface area contributed by atoms with Crippen molar-refractivity contribution in [3.8, 4) is 0 Å². The van der Waals surface area contributed by atoms with Gasteiger partial charge in [-0.1, -0.05) is 30.3 Å². The number of benzene rings is 3. The van der Waals surface area contributed by atoms with Gasteiger partial charge in [0.1, 0.15) is 22.3 Å². The molecule has 5 heteroatoms. The van der Waals surface area contributed by atoms with Crippen molar-refractivity contribution < 1.29 is 18.9 Å². The Kier molecular flexibility index (Phi) is 2.43. The smallest absolute Gasteiger partial charge is 0.456 e. The Morgan fingerprint density at radius 1 is 0.696 bits per heavy atom. The fraction of sp³-hybridized carbons (Fsp3) is 0. The summed E-state index contributed by atoms with van der Waals surface area (Å²) in [6, 6.07) is 16.9. The minimum atomic E-state index is -1.50. The molecule has 4 nitrogen and oxygen atoms in total. The predicted molar refractivity (Wildman–Crippen MR) is 90.8 cm³/mol. The average molecular weight is 302 g/mol. The van der Waals surface area contributed by atoms with Crippen LogP contribution in [0.15, 0.2) is 63.4 Å².